The quantitative estimate of drug-likeness (QED) is 0.419. The van der Waals surface area contributed by atoms with Gasteiger partial charge in [0, 0.05) is 5.39 Å². The molecule has 5 nitrogen and oxygen atoms in total. The summed E-state index contributed by atoms with van der Waals surface area (Å²) in [7, 11) is 1.58. The average Bonchev–Trinajstić information content (AvgIpc) is 3.41. The fourth-order valence-corrected chi connectivity index (χ4v) is 2.77. The fourth-order valence-electron chi connectivity index (χ4n) is 2.77. The minimum absolute atomic E-state index is 0.0177. The normalized spacial score (nSPS) is 19.2. The predicted octanol–water partition coefficient (Wildman–Crippen LogP) is 3.12. The zero-order valence-electron chi connectivity index (χ0n) is 12.9. The van der Waals surface area contributed by atoms with Crippen molar-refractivity contribution >= 4 is 16.8 Å². The standard InChI is InChI=1S/C19H14O5/c1-22-13-7-4-6-12(9-13)17-18(24-17)16(20)14-10-11-5-2-3-8-15(11)23-19(14)21/h2-10,17-18H,1H3/t17-,18-/m1/s1. The van der Waals surface area contributed by atoms with Crippen LogP contribution in [0.2, 0.25) is 0 Å². The molecule has 0 spiro atoms. The first-order valence-corrected chi connectivity index (χ1v) is 7.54. The fraction of sp³-hybridized carbons (Fsp3) is 0.158. The molecule has 0 aliphatic carbocycles. The van der Waals surface area contributed by atoms with E-state index in [2.05, 4.69) is 0 Å². The molecule has 0 amide bonds. The van der Waals surface area contributed by atoms with Gasteiger partial charge in [-0.15, -0.1) is 0 Å². The molecule has 2 atom stereocenters. The number of hydrogen-bond acceptors (Lipinski definition) is 5. The van der Waals surface area contributed by atoms with Crippen molar-refractivity contribution in [3.8, 4) is 5.75 Å². The van der Waals surface area contributed by atoms with Crippen LogP contribution in [0.1, 0.15) is 22.0 Å². The van der Waals surface area contributed by atoms with Gasteiger partial charge in [0.05, 0.1) is 7.11 Å². The molecule has 2 heterocycles. The molecule has 2 aromatic carbocycles. The summed E-state index contributed by atoms with van der Waals surface area (Å²) in [5.41, 5.74) is 0.681. The molecule has 0 unspecified atom stereocenters. The highest BCUT2D eigenvalue weighted by Gasteiger charge is 2.47. The Labute approximate surface area is 137 Å². The van der Waals surface area contributed by atoms with E-state index in [4.69, 9.17) is 13.9 Å². The summed E-state index contributed by atoms with van der Waals surface area (Å²) < 4.78 is 15.9. The molecule has 24 heavy (non-hydrogen) atoms. The molecule has 1 fully saturated rings. The number of epoxide rings is 1. The first-order chi connectivity index (χ1) is 11.7. The first kappa shape index (κ1) is 14.7. The van der Waals surface area contributed by atoms with E-state index in [9.17, 15) is 9.59 Å². The predicted molar refractivity (Wildman–Crippen MR) is 87.4 cm³/mol. The van der Waals surface area contributed by atoms with Gasteiger partial charge in [-0.3, -0.25) is 4.79 Å². The number of methoxy groups -OCH3 is 1. The van der Waals surface area contributed by atoms with Gasteiger partial charge in [0.2, 0.25) is 5.78 Å². The van der Waals surface area contributed by atoms with Crippen molar-refractivity contribution in [1.82, 2.24) is 0 Å². The summed E-state index contributed by atoms with van der Waals surface area (Å²) in [6, 6.07) is 16.0. The van der Waals surface area contributed by atoms with E-state index in [1.54, 1.807) is 31.4 Å². The van der Waals surface area contributed by atoms with Gasteiger partial charge in [0.15, 0.2) is 6.10 Å². The molecule has 0 radical (unpaired) electrons. The van der Waals surface area contributed by atoms with Crippen LogP contribution in [0.15, 0.2) is 63.8 Å². The van der Waals surface area contributed by atoms with E-state index in [1.807, 2.05) is 30.3 Å². The van der Waals surface area contributed by atoms with Crippen LogP contribution in [-0.2, 0) is 4.74 Å². The molecular formula is C19H14O5. The van der Waals surface area contributed by atoms with Crippen LogP contribution in [0.3, 0.4) is 0 Å². The van der Waals surface area contributed by atoms with Gasteiger partial charge in [0.25, 0.3) is 0 Å². The number of carbonyl (C=O) groups excluding carboxylic acids is 1. The SMILES string of the molecule is COc1cccc([C@H]2O[C@@H]2C(=O)c2cc3ccccc3oc2=O)c1. The van der Waals surface area contributed by atoms with E-state index < -0.39 is 11.7 Å². The number of carbonyl (C=O) groups is 1. The smallest absolute Gasteiger partial charge is 0.347 e. The number of ketones is 1. The summed E-state index contributed by atoms with van der Waals surface area (Å²) >= 11 is 0. The summed E-state index contributed by atoms with van der Waals surface area (Å²) in [6.07, 6.45) is -1.03. The molecule has 0 bridgehead atoms. The zero-order chi connectivity index (χ0) is 16.7. The van der Waals surface area contributed by atoms with Gasteiger partial charge in [-0.05, 0) is 29.8 Å². The third-order valence-electron chi connectivity index (χ3n) is 4.08. The number of hydrogen-bond donors (Lipinski definition) is 0. The van der Waals surface area contributed by atoms with Crippen molar-refractivity contribution < 1.29 is 18.7 Å². The lowest BCUT2D eigenvalue weighted by molar-refractivity contribution is 0.0950. The maximum atomic E-state index is 12.6. The minimum Gasteiger partial charge on any atom is -0.497 e. The molecule has 0 N–H and O–H groups in total. The van der Waals surface area contributed by atoms with Crippen LogP contribution in [0, 0.1) is 0 Å². The van der Waals surface area contributed by atoms with Gasteiger partial charge in [-0.1, -0.05) is 30.3 Å². The number of benzene rings is 2. The minimum atomic E-state index is -0.666. The van der Waals surface area contributed by atoms with Gasteiger partial charge in [-0.25, -0.2) is 4.79 Å². The summed E-state index contributed by atoms with van der Waals surface area (Å²) in [5.74, 6) is 0.335. The van der Waals surface area contributed by atoms with Gasteiger partial charge >= 0.3 is 5.63 Å². The highest BCUT2D eigenvalue weighted by molar-refractivity contribution is 6.02. The average molecular weight is 322 g/mol. The monoisotopic (exact) mass is 322 g/mol. The maximum absolute atomic E-state index is 12.6. The van der Waals surface area contributed by atoms with Gasteiger partial charge in [0.1, 0.15) is 23.0 Å². The number of fused-ring (bicyclic) bond motifs is 1. The lowest BCUT2D eigenvalue weighted by Crippen LogP contribution is -2.18. The van der Waals surface area contributed by atoms with Gasteiger partial charge < -0.3 is 13.9 Å². The van der Waals surface area contributed by atoms with Crippen molar-refractivity contribution in [2.75, 3.05) is 7.11 Å². The van der Waals surface area contributed by atoms with E-state index in [0.29, 0.717) is 16.7 Å². The summed E-state index contributed by atoms with van der Waals surface area (Å²) in [5, 5.41) is 0.707. The molecule has 1 aromatic heterocycles. The molecule has 120 valence electrons. The number of rotatable bonds is 4. The van der Waals surface area contributed by atoms with Crippen molar-refractivity contribution in [3.63, 3.8) is 0 Å². The Balaban J connectivity index is 1.63. The Bertz CT molecular complexity index is 988. The molecule has 0 saturated carbocycles. The maximum Gasteiger partial charge on any atom is 0.347 e. The van der Waals surface area contributed by atoms with E-state index >= 15 is 0 Å². The van der Waals surface area contributed by atoms with Crippen molar-refractivity contribution in [1.29, 1.82) is 0 Å². The number of para-hydroxylation sites is 1. The highest BCUT2D eigenvalue weighted by Crippen LogP contribution is 2.41. The molecule has 3 aromatic rings. The van der Waals surface area contributed by atoms with Crippen molar-refractivity contribution in [3.05, 3.63) is 76.1 Å². The van der Waals surface area contributed by atoms with Crippen LogP contribution in [0.5, 0.6) is 5.75 Å². The topological polar surface area (TPSA) is 69.0 Å². The van der Waals surface area contributed by atoms with E-state index in [0.717, 1.165) is 5.56 Å². The Morgan fingerprint density at radius 3 is 2.75 bits per heavy atom. The third-order valence-corrected chi connectivity index (χ3v) is 4.08. The van der Waals surface area contributed by atoms with E-state index in [-0.39, 0.29) is 17.5 Å². The molecular weight excluding hydrogens is 308 g/mol. The summed E-state index contributed by atoms with van der Waals surface area (Å²) in [6.45, 7) is 0. The largest absolute Gasteiger partial charge is 0.497 e. The van der Waals surface area contributed by atoms with Gasteiger partial charge in [-0.2, -0.15) is 0 Å². The van der Waals surface area contributed by atoms with Crippen LogP contribution in [0.4, 0.5) is 0 Å². The van der Waals surface area contributed by atoms with Crippen molar-refractivity contribution in [2.45, 2.75) is 12.2 Å². The van der Waals surface area contributed by atoms with Crippen LogP contribution in [-0.4, -0.2) is 19.0 Å². The Morgan fingerprint density at radius 2 is 1.92 bits per heavy atom. The van der Waals surface area contributed by atoms with Crippen LogP contribution in [0.25, 0.3) is 11.0 Å². The van der Waals surface area contributed by atoms with Crippen LogP contribution >= 0.6 is 0 Å². The molecule has 1 saturated heterocycles. The molecule has 1 aliphatic rings. The van der Waals surface area contributed by atoms with Crippen molar-refractivity contribution in [2.24, 2.45) is 0 Å². The number of Topliss-reactive ketones (excluding diaryl/α,β-unsaturated/α-hetero) is 1. The molecule has 1 aliphatic heterocycles. The highest BCUT2D eigenvalue weighted by atomic mass is 16.6. The lowest BCUT2D eigenvalue weighted by atomic mass is 10.0. The lowest BCUT2D eigenvalue weighted by Gasteiger charge is -2.02. The van der Waals surface area contributed by atoms with E-state index in [1.165, 1.54) is 0 Å². The summed E-state index contributed by atoms with van der Waals surface area (Å²) in [4.78, 5) is 24.7. The third kappa shape index (κ3) is 2.49. The van der Waals surface area contributed by atoms with Crippen LogP contribution < -0.4 is 10.4 Å². The Morgan fingerprint density at radius 1 is 1.08 bits per heavy atom. The Hall–Kier alpha value is -2.92. The second-order valence-corrected chi connectivity index (χ2v) is 5.60. The second-order valence-electron chi connectivity index (χ2n) is 5.60. The Kier molecular flexibility index (Phi) is 3.43. The second kappa shape index (κ2) is 5.62. The molecule has 5 heteroatoms. The number of ether oxygens (including phenoxy) is 2. The first-order valence-electron chi connectivity index (χ1n) is 7.54. The zero-order valence-corrected chi connectivity index (χ0v) is 12.9. The molecule has 4 rings (SSSR count).